The second-order valence-corrected chi connectivity index (χ2v) is 33.5. The number of hydrogen-bond acceptors (Lipinski definition) is 10. The summed E-state index contributed by atoms with van der Waals surface area (Å²) in [4.78, 5) is 39.2. The van der Waals surface area contributed by atoms with E-state index in [0.29, 0.717) is 0 Å². The fourth-order valence-corrected chi connectivity index (χ4v) is 9.01. The number of nitro groups is 1. The lowest BCUT2D eigenvalue weighted by molar-refractivity contribution is -0.384. The first-order valence-electron chi connectivity index (χ1n) is 18.7. The number of nitrogens with zero attached hydrogens (tertiary/aromatic N) is 2. The number of carbonyl (C=O) groups excluding carboxylic acids is 2. The Hall–Kier alpha value is -2.64. The largest absolute Gasteiger partial charge is 0.460 e. The van der Waals surface area contributed by atoms with Gasteiger partial charge in [-0.3, -0.25) is 19.8 Å². The summed E-state index contributed by atoms with van der Waals surface area (Å²) in [5.74, 6) is -0.630. The fourth-order valence-electron chi connectivity index (χ4n) is 5.05. The van der Waals surface area contributed by atoms with Crippen molar-refractivity contribution < 1.29 is 42.0 Å². The number of anilines is 1. The molecule has 1 amide bonds. The number of carbonyl (C=O) groups is 2. The molecule has 1 fully saturated rings. The minimum Gasteiger partial charge on any atom is -0.460 e. The number of amides is 1. The Kier molecular flexibility index (Phi) is 14.5. The lowest BCUT2D eigenvalue weighted by Crippen LogP contribution is -2.69. The van der Waals surface area contributed by atoms with Gasteiger partial charge in [0.05, 0.1) is 10.6 Å². The zero-order valence-corrected chi connectivity index (χ0v) is 39.3. The standard InChI is InChI=1S/C39H63ClN2O10Si3/c1-37(2,3)53(11,12)50-30-31(51-54(13,14)38(4,5)6)33(52-55(15,16)39(7,8)9)35(49-32(30)34(43)47-25-26-20-18-17-19-21-26)48-29-23-22-27(42(45)46)24-28(29)41(10)36(40)44/h17-24,30-33,35H,25H2,1-16H3/t30-,31-,32-,33+,35+/m0/s1. The van der Waals surface area contributed by atoms with Crippen LogP contribution in [0.3, 0.4) is 0 Å². The van der Waals surface area contributed by atoms with E-state index in [4.69, 9.17) is 39.1 Å². The molecule has 1 aliphatic rings. The van der Waals surface area contributed by atoms with Crippen molar-refractivity contribution >= 4 is 59.3 Å². The summed E-state index contributed by atoms with van der Waals surface area (Å²) in [6.45, 7) is 31.8. The number of ether oxygens (including phenoxy) is 3. The first-order valence-corrected chi connectivity index (χ1v) is 27.8. The van der Waals surface area contributed by atoms with E-state index < -0.39 is 71.9 Å². The van der Waals surface area contributed by atoms with Gasteiger partial charge in [-0.1, -0.05) is 92.6 Å². The van der Waals surface area contributed by atoms with E-state index in [1.165, 1.54) is 25.2 Å². The van der Waals surface area contributed by atoms with E-state index in [2.05, 4.69) is 102 Å². The monoisotopic (exact) mass is 838 g/mol. The molecule has 1 aliphatic heterocycles. The SMILES string of the molecule is CN(C(=O)Cl)c1cc([N+](=O)[O-])ccc1O[C@@H]1O[C@H](C(=O)OCc2ccccc2)[C@@H](O[Si](C)(C)C(C)(C)C)[C@H](O[Si](C)(C)C(C)(C)C)[C@H]1O[Si](C)(C)C(C)(C)C. The molecule has 2 aromatic carbocycles. The molecule has 1 heterocycles. The summed E-state index contributed by atoms with van der Waals surface area (Å²) in [6, 6.07) is 13.2. The molecule has 0 aliphatic carbocycles. The van der Waals surface area contributed by atoms with Crippen molar-refractivity contribution in [2.75, 3.05) is 11.9 Å². The van der Waals surface area contributed by atoms with E-state index in [-0.39, 0.29) is 38.8 Å². The molecule has 0 unspecified atom stereocenters. The molecule has 5 atom stereocenters. The Morgan fingerprint density at radius 1 is 0.782 bits per heavy atom. The molecule has 55 heavy (non-hydrogen) atoms. The first-order chi connectivity index (χ1) is 24.9. The average Bonchev–Trinajstić information content (AvgIpc) is 3.04. The highest BCUT2D eigenvalue weighted by molar-refractivity contribution is 6.75. The summed E-state index contributed by atoms with van der Waals surface area (Å²) in [7, 11) is -6.65. The molecular weight excluding hydrogens is 776 g/mol. The summed E-state index contributed by atoms with van der Waals surface area (Å²) in [6.07, 6.45) is -5.52. The Labute approximate surface area is 336 Å². The molecule has 0 bridgehead atoms. The molecule has 0 aromatic heterocycles. The molecule has 12 nitrogen and oxygen atoms in total. The zero-order chi connectivity index (χ0) is 42.1. The minimum atomic E-state index is -2.68. The Morgan fingerprint density at radius 3 is 1.71 bits per heavy atom. The van der Waals surface area contributed by atoms with Gasteiger partial charge >= 0.3 is 11.3 Å². The van der Waals surface area contributed by atoms with Gasteiger partial charge in [-0.2, -0.15) is 0 Å². The van der Waals surface area contributed by atoms with Gasteiger partial charge in [0.25, 0.3) is 5.69 Å². The molecule has 16 heteroatoms. The lowest BCUT2D eigenvalue weighted by Gasteiger charge is -2.53. The quantitative estimate of drug-likeness (QED) is 0.0479. The van der Waals surface area contributed by atoms with E-state index in [0.717, 1.165) is 10.5 Å². The smallest absolute Gasteiger partial charge is 0.338 e. The third-order valence-corrected chi connectivity index (χ3v) is 25.4. The van der Waals surface area contributed by atoms with Crippen molar-refractivity contribution in [2.24, 2.45) is 0 Å². The number of benzene rings is 2. The Morgan fingerprint density at radius 2 is 1.25 bits per heavy atom. The molecule has 1 saturated heterocycles. The number of rotatable bonds is 13. The van der Waals surface area contributed by atoms with E-state index in [1.54, 1.807) is 0 Å². The van der Waals surface area contributed by atoms with Gasteiger partial charge in [0.15, 0.2) is 31.1 Å². The first kappa shape index (κ1) is 46.7. The van der Waals surface area contributed by atoms with Crippen LogP contribution in [0.1, 0.15) is 67.9 Å². The number of non-ortho nitro benzene ring substituents is 1. The molecular formula is C39H63ClN2O10Si3. The third kappa shape index (κ3) is 11.3. The molecule has 0 saturated carbocycles. The lowest BCUT2D eigenvalue weighted by atomic mass is 9.99. The summed E-state index contributed by atoms with van der Waals surface area (Å²) in [5, 5.41) is 10.1. The van der Waals surface area contributed by atoms with Crippen LogP contribution in [-0.4, -0.2) is 79.0 Å². The van der Waals surface area contributed by atoms with Gasteiger partial charge in [-0.15, -0.1) is 0 Å². The number of halogens is 1. The van der Waals surface area contributed by atoms with Crippen LogP contribution in [0, 0.1) is 10.1 Å². The highest BCUT2D eigenvalue weighted by Gasteiger charge is 2.59. The van der Waals surface area contributed by atoms with Crippen LogP contribution in [0.5, 0.6) is 5.75 Å². The molecule has 3 rings (SSSR count). The maximum Gasteiger partial charge on any atom is 0.338 e. The van der Waals surface area contributed by atoms with E-state index in [1.807, 2.05) is 30.3 Å². The second-order valence-electron chi connectivity index (χ2n) is 18.9. The van der Waals surface area contributed by atoms with Crippen molar-refractivity contribution in [3.8, 4) is 5.75 Å². The van der Waals surface area contributed by atoms with Gasteiger partial charge < -0.3 is 27.5 Å². The summed E-state index contributed by atoms with van der Waals surface area (Å²) < 4.78 is 41.2. The average molecular weight is 840 g/mol. The van der Waals surface area contributed by atoms with Gasteiger partial charge in [-0.25, -0.2) is 4.79 Å². The predicted molar refractivity (Wildman–Crippen MR) is 224 cm³/mol. The van der Waals surface area contributed by atoms with Crippen molar-refractivity contribution in [2.45, 2.75) is 154 Å². The maximum absolute atomic E-state index is 14.5. The van der Waals surface area contributed by atoms with Crippen LogP contribution in [0.2, 0.25) is 54.4 Å². The normalized spacial score (nSPS) is 21.5. The number of nitro benzene ring substituents is 1. The topological polar surface area (TPSA) is 136 Å². The van der Waals surface area contributed by atoms with Gasteiger partial charge in [0, 0.05) is 19.2 Å². The second kappa shape index (κ2) is 17.1. The Bertz CT molecular complexity index is 1670. The minimum absolute atomic E-state index is 0.00927. The van der Waals surface area contributed by atoms with E-state index >= 15 is 0 Å². The predicted octanol–water partition coefficient (Wildman–Crippen LogP) is 10.4. The van der Waals surface area contributed by atoms with Gasteiger partial charge in [0.2, 0.25) is 6.29 Å². The summed E-state index contributed by atoms with van der Waals surface area (Å²) in [5.41, 5.74) is 0.530. The van der Waals surface area contributed by atoms with Gasteiger partial charge in [0.1, 0.15) is 30.7 Å². The third-order valence-electron chi connectivity index (χ3n) is 11.7. The molecule has 0 radical (unpaired) electrons. The van der Waals surface area contributed by atoms with Crippen molar-refractivity contribution in [1.82, 2.24) is 0 Å². The Balaban J connectivity index is 2.37. The van der Waals surface area contributed by atoms with Crippen molar-refractivity contribution in [1.29, 1.82) is 0 Å². The van der Waals surface area contributed by atoms with Crippen LogP contribution >= 0.6 is 11.6 Å². The molecule has 0 N–H and O–H groups in total. The number of esters is 1. The van der Waals surface area contributed by atoms with Crippen LogP contribution in [0.25, 0.3) is 0 Å². The zero-order valence-electron chi connectivity index (χ0n) is 35.6. The number of hydrogen-bond donors (Lipinski definition) is 0. The highest BCUT2D eigenvalue weighted by atomic mass is 35.5. The van der Waals surface area contributed by atoms with Crippen molar-refractivity contribution in [3.05, 3.63) is 64.2 Å². The van der Waals surface area contributed by atoms with Crippen LogP contribution in [-0.2, 0) is 34.2 Å². The maximum atomic E-state index is 14.5. The van der Waals surface area contributed by atoms with Gasteiger partial charge in [-0.05, 0) is 77.6 Å². The highest BCUT2D eigenvalue weighted by Crippen LogP contribution is 2.47. The fraction of sp³-hybridized carbons (Fsp3) is 0.641. The summed E-state index contributed by atoms with van der Waals surface area (Å²) >= 11 is 5.90. The van der Waals surface area contributed by atoms with E-state index in [9.17, 15) is 19.7 Å². The molecule has 0 spiro atoms. The molecule has 308 valence electrons. The van der Waals surface area contributed by atoms with Crippen LogP contribution < -0.4 is 9.64 Å². The van der Waals surface area contributed by atoms with Crippen molar-refractivity contribution in [3.63, 3.8) is 0 Å². The molecule has 2 aromatic rings. The van der Waals surface area contributed by atoms with Crippen LogP contribution in [0.4, 0.5) is 16.2 Å². The van der Waals surface area contributed by atoms with Crippen LogP contribution in [0.15, 0.2) is 48.5 Å².